The van der Waals surface area contributed by atoms with Crippen molar-refractivity contribution in [3.63, 3.8) is 0 Å². The lowest BCUT2D eigenvalue weighted by Gasteiger charge is -1.93. The molecular weight excluding hydrogens is 216 g/mol. The van der Waals surface area contributed by atoms with Crippen molar-refractivity contribution in [2.45, 2.75) is 26.1 Å². The van der Waals surface area contributed by atoms with E-state index < -0.39 is 0 Å². The third-order valence-electron chi connectivity index (χ3n) is 1.49. The van der Waals surface area contributed by atoms with Gasteiger partial charge in [-0.2, -0.15) is 5.10 Å². The number of hydrogen-bond donors (Lipinski definition) is 0. The fourth-order valence-corrected chi connectivity index (χ4v) is 0.965. The lowest BCUT2D eigenvalue weighted by atomic mass is 10.3. The van der Waals surface area contributed by atoms with Gasteiger partial charge in [-0.15, -0.1) is 11.6 Å². The average molecular weight is 233 g/mol. The molecule has 0 radical (unpaired) electrons. The first kappa shape index (κ1) is 14.0. The lowest BCUT2D eigenvalue weighted by molar-refractivity contribution is -0.140. The van der Waals surface area contributed by atoms with E-state index in [1.165, 1.54) is 6.92 Å². The van der Waals surface area contributed by atoms with Crippen molar-refractivity contribution in [2.75, 3.05) is 6.61 Å². The van der Waals surface area contributed by atoms with E-state index in [1.807, 2.05) is 26.2 Å². The highest BCUT2D eigenvalue weighted by Crippen LogP contribution is 2.15. The van der Waals surface area contributed by atoms with Crippen LogP contribution in [-0.2, 0) is 16.6 Å². The van der Waals surface area contributed by atoms with Gasteiger partial charge in [0.2, 0.25) is 0 Å². The normalized spacial score (nSPS) is 11.3. The number of halogens is 1. The highest BCUT2D eigenvalue weighted by atomic mass is 35.5. The number of rotatable bonds is 2. The van der Waals surface area contributed by atoms with Crippen LogP contribution in [0.15, 0.2) is 12.3 Å². The number of carbonyl (C=O) groups is 1. The molecule has 0 aliphatic rings. The maximum atomic E-state index is 9.82. The first-order chi connectivity index (χ1) is 6.97. The summed E-state index contributed by atoms with van der Waals surface area (Å²) < 4.78 is 6.15. The molecule has 4 nitrogen and oxygen atoms in total. The van der Waals surface area contributed by atoms with E-state index in [0.29, 0.717) is 6.61 Å². The number of hydrogen-bond acceptors (Lipinski definition) is 3. The van der Waals surface area contributed by atoms with E-state index in [0.717, 1.165) is 5.69 Å². The zero-order valence-electron chi connectivity index (χ0n) is 9.53. The molecule has 1 heterocycles. The van der Waals surface area contributed by atoms with E-state index in [9.17, 15) is 4.79 Å². The highest BCUT2D eigenvalue weighted by Gasteiger charge is 2.01. The van der Waals surface area contributed by atoms with E-state index in [2.05, 4.69) is 9.84 Å². The van der Waals surface area contributed by atoms with Crippen LogP contribution in [-0.4, -0.2) is 22.4 Å². The van der Waals surface area contributed by atoms with Gasteiger partial charge in [0.15, 0.2) is 0 Å². The topological polar surface area (TPSA) is 44.1 Å². The number of aromatic nitrogens is 2. The molecule has 0 fully saturated rings. The summed E-state index contributed by atoms with van der Waals surface area (Å²) >= 11 is 5.74. The van der Waals surface area contributed by atoms with Crippen molar-refractivity contribution < 1.29 is 9.53 Å². The molecule has 0 aliphatic carbocycles. The Morgan fingerprint density at radius 2 is 2.33 bits per heavy atom. The average Bonchev–Trinajstić information content (AvgIpc) is 2.52. The quantitative estimate of drug-likeness (QED) is 0.581. The Morgan fingerprint density at radius 3 is 2.47 bits per heavy atom. The van der Waals surface area contributed by atoms with Crippen LogP contribution in [0.5, 0.6) is 0 Å². The summed E-state index contributed by atoms with van der Waals surface area (Å²) in [4.78, 5) is 9.82. The molecule has 1 unspecified atom stereocenters. The number of nitrogens with zero attached hydrogens (tertiary/aromatic N) is 2. The number of carbonyl (C=O) groups excluding carboxylic acids is 1. The molecule has 15 heavy (non-hydrogen) atoms. The number of esters is 1. The van der Waals surface area contributed by atoms with Gasteiger partial charge < -0.3 is 4.74 Å². The minimum atomic E-state index is -0.211. The summed E-state index contributed by atoms with van der Waals surface area (Å²) in [6.07, 6.45) is 1.88. The van der Waals surface area contributed by atoms with Crippen LogP contribution in [0.25, 0.3) is 0 Å². The van der Waals surface area contributed by atoms with Gasteiger partial charge in [-0.25, -0.2) is 0 Å². The molecule has 1 aromatic heterocycles. The second-order valence-corrected chi connectivity index (χ2v) is 3.61. The predicted octanol–water partition coefficient (Wildman–Crippen LogP) is 2.29. The van der Waals surface area contributed by atoms with Crippen LogP contribution in [0.3, 0.4) is 0 Å². The van der Waals surface area contributed by atoms with Gasteiger partial charge >= 0.3 is 5.97 Å². The Bertz CT molecular complexity index is 297. The SMILES string of the molecule is CC(Cl)c1ccn(C)n1.CCOC(C)=O. The molecule has 1 atom stereocenters. The Morgan fingerprint density at radius 1 is 1.73 bits per heavy atom. The van der Waals surface area contributed by atoms with Gasteiger partial charge in [-0.1, -0.05) is 0 Å². The van der Waals surface area contributed by atoms with Gasteiger partial charge in [0.05, 0.1) is 17.7 Å². The van der Waals surface area contributed by atoms with Crippen LogP contribution in [0.1, 0.15) is 31.8 Å². The smallest absolute Gasteiger partial charge is 0.302 e. The minimum absolute atomic E-state index is 0.0196. The summed E-state index contributed by atoms with van der Waals surface area (Å²) in [6, 6.07) is 1.91. The summed E-state index contributed by atoms with van der Waals surface area (Å²) in [7, 11) is 1.88. The van der Waals surface area contributed by atoms with Gasteiger partial charge in [0.25, 0.3) is 0 Å². The third kappa shape index (κ3) is 6.96. The second-order valence-electron chi connectivity index (χ2n) is 2.95. The van der Waals surface area contributed by atoms with E-state index in [4.69, 9.17) is 11.6 Å². The van der Waals surface area contributed by atoms with E-state index in [-0.39, 0.29) is 11.3 Å². The molecule has 0 spiro atoms. The largest absolute Gasteiger partial charge is 0.466 e. The lowest BCUT2D eigenvalue weighted by Crippen LogP contribution is -1.95. The monoisotopic (exact) mass is 232 g/mol. The molecular formula is C10H17ClN2O2. The standard InChI is InChI=1S/C6H9ClN2.C4H8O2/c1-5(7)6-3-4-9(2)8-6;1-3-6-4(2)5/h3-5H,1-2H3;3H2,1-2H3. The van der Waals surface area contributed by atoms with Crippen molar-refractivity contribution in [2.24, 2.45) is 7.05 Å². The van der Waals surface area contributed by atoms with Crippen molar-refractivity contribution in [1.29, 1.82) is 0 Å². The fraction of sp³-hybridized carbons (Fsp3) is 0.600. The molecule has 0 N–H and O–H groups in total. The molecule has 5 heteroatoms. The van der Waals surface area contributed by atoms with Gasteiger partial charge in [0.1, 0.15) is 0 Å². The van der Waals surface area contributed by atoms with Crippen molar-refractivity contribution in [3.8, 4) is 0 Å². The summed E-state index contributed by atoms with van der Waals surface area (Å²) in [6.45, 7) is 5.56. The second kappa shape index (κ2) is 7.29. The van der Waals surface area contributed by atoms with E-state index in [1.54, 1.807) is 11.6 Å². The van der Waals surface area contributed by atoms with Crippen molar-refractivity contribution in [1.82, 2.24) is 9.78 Å². The van der Waals surface area contributed by atoms with Crippen LogP contribution < -0.4 is 0 Å². The Hall–Kier alpha value is -1.03. The maximum Gasteiger partial charge on any atom is 0.302 e. The summed E-state index contributed by atoms with van der Waals surface area (Å²) in [5.74, 6) is -0.211. The first-order valence-corrected chi connectivity index (χ1v) is 5.18. The van der Waals surface area contributed by atoms with Crippen LogP contribution in [0.4, 0.5) is 0 Å². The number of ether oxygens (including phenoxy) is 1. The molecule has 0 aromatic carbocycles. The molecule has 0 saturated carbocycles. The first-order valence-electron chi connectivity index (χ1n) is 4.74. The highest BCUT2D eigenvalue weighted by molar-refractivity contribution is 6.20. The Labute approximate surface area is 95.2 Å². The molecule has 86 valence electrons. The van der Waals surface area contributed by atoms with Crippen molar-refractivity contribution in [3.05, 3.63) is 18.0 Å². The zero-order valence-corrected chi connectivity index (χ0v) is 10.3. The zero-order chi connectivity index (χ0) is 11.8. The van der Waals surface area contributed by atoms with Gasteiger partial charge in [-0.05, 0) is 19.9 Å². The number of alkyl halides is 1. The Kier molecular flexibility index (Phi) is 6.79. The summed E-state index contributed by atoms with van der Waals surface area (Å²) in [5, 5.41) is 4.11. The summed E-state index contributed by atoms with van der Waals surface area (Å²) in [5.41, 5.74) is 0.930. The predicted molar refractivity (Wildman–Crippen MR) is 59.8 cm³/mol. The molecule has 0 bridgehead atoms. The Balaban J connectivity index is 0.000000288. The molecule has 0 aliphatic heterocycles. The van der Waals surface area contributed by atoms with Gasteiger partial charge in [-0.3, -0.25) is 9.48 Å². The maximum absolute atomic E-state index is 9.82. The molecule has 0 amide bonds. The fourth-order valence-electron chi connectivity index (χ4n) is 0.848. The minimum Gasteiger partial charge on any atom is -0.466 e. The molecule has 1 rings (SSSR count). The van der Waals surface area contributed by atoms with Crippen molar-refractivity contribution >= 4 is 17.6 Å². The van der Waals surface area contributed by atoms with Gasteiger partial charge in [0, 0.05) is 20.2 Å². The van der Waals surface area contributed by atoms with Crippen LogP contribution >= 0.6 is 11.6 Å². The number of aryl methyl sites for hydroxylation is 1. The van der Waals surface area contributed by atoms with Crippen LogP contribution in [0.2, 0.25) is 0 Å². The third-order valence-corrected chi connectivity index (χ3v) is 1.71. The van der Waals surface area contributed by atoms with E-state index >= 15 is 0 Å². The molecule has 0 saturated heterocycles. The molecule has 1 aromatic rings. The van der Waals surface area contributed by atoms with Crippen LogP contribution in [0, 0.1) is 0 Å².